The third-order valence-electron chi connectivity index (χ3n) is 6.91. The molecule has 1 fully saturated rings. The summed E-state index contributed by atoms with van der Waals surface area (Å²) in [6.45, 7) is 6.96. The Morgan fingerprint density at radius 2 is 2.03 bits per heavy atom. The van der Waals surface area contributed by atoms with Crippen LogP contribution in [0.2, 0.25) is 0 Å². The van der Waals surface area contributed by atoms with Gasteiger partial charge in [0.25, 0.3) is 0 Å². The van der Waals surface area contributed by atoms with Crippen molar-refractivity contribution in [1.29, 1.82) is 0 Å². The van der Waals surface area contributed by atoms with Gasteiger partial charge < -0.3 is 19.0 Å². The average molecular weight is 463 g/mol. The van der Waals surface area contributed by atoms with Gasteiger partial charge in [0.05, 0.1) is 30.9 Å². The normalized spacial score (nSPS) is 22.1. The molecule has 0 bridgehead atoms. The highest BCUT2D eigenvalue weighted by molar-refractivity contribution is 5.86. The van der Waals surface area contributed by atoms with Gasteiger partial charge in [-0.15, -0.1) is 0 Å². The highest BCUT2D eigenvalue weighted by Gasteiger charge is 2.39. The van der Waals surface area contributed by atoms with E-state index in [2.05, 4.69) is 40.2 Å². The van der Waals surface area contributed by atoms with E-state index in [1.165, 1.54) is 11.6 Å². The van der Waals surface area contributed by atoms with Crippen LogP contribution in [0.1, 0.15) is 48.3 Å². The Kier molecular flexibility index (Phi) is 6.02. The number of rotatable bonds is 5. The summed E-state index contributed by atoms with van der Waals surface area (Å²) in [6, 6.07) is 11.5. The van der Waals surface area contributed by atoms with Crippen LogP contribution in [0.5, 0.6) is 5.75 Å². The number of fused-ring (bicyclic) bond motifs is 1. The molecule has 6 nitrogen and oxygen atoms in total. The first-order valence-electron chi connectivity index (χ1n) is 11.9. The quantitative estimate of drug-likeness (QED) is 0.512. The average Bonchev–Trinajstić information content (AvgIpc) is 3.25. The minimum Gasteiger partial charge on any atom is -0.495 e. The van der Waals surface area contributed by atoms with E-state index >= 15 is 0 Å². The third kappa shape index (κ3) is 4.27. The number of halogens is 1. The summed E-state index contributed by atoms with van der Waals surface area (Å²) in [7, 11) is 1.70. The molecule has 0 amide bonds. The first kappa shape index (κ1) is 22.4. The van der Waals surface area contributed by atoms with E-state index in [0.717, 1.165) is 59.9 Å². The predicted molar refractivity (Wildman–Crippen MR) is 130 cm³/mol. The molecule has 3 atom stereocenters. The minimum atomic E-state index is -0.282. The Balaban J connectivity index is 1.38. The fourth-order valence-electron chi connectivity index (χ4n) is 5.25. The highest BCUT2D eigenvalue weighted by atomic mass is 19.1. The van der Waals surface area contributed by atoms with Gasteiger partial charge in [-0.2, -0.15) is 0 Å². The molecule has 0 saturated carbocycles. The monoisotopic (exact) mass is 462 g/mol. The van der Waals surface area contributed by atoms with Crippen molar-refractivity contribution in [2.24, 2.45) is 11.1 Å². The lowest BCUT2D eigenvalue weighted by atomic mass is 9.87. The van der Waals surface area contributed by atoms with Gasteiger partial charge in [0.2, 0.25) is 0 Å². The minimum absolute atomic E-state index is 0.0814. The molecule has 178 valence electrons. The number of aromatic nitrogens is 2. The number of ether oxygens (including phenoxy) is 1. The van der Waals surface area contributed by atoms with E-state index in [4.69, 9.17) is 9.57 Å². The van der Waals surface area contributed by atoms with Gasteiger partial charge in [0.15, 0.2) is 6.10 Å². The van der Waals surface area contributed by atoms with Crippen LogP contribution in [0.4, 0.5) is 4.39 Å². The van der Waals surface area contributed by atoms with E-state index in [1.54, 1.807) is 19.5 Å². The zero-order valence-electron chi connectivity index (χ0n) is 20.2. The summed E-state index contributed by atoms with van der Waals surface area (Å²) in [6.07, 6.45) is 6.51. The highest BCUT2D eigenvalue weighted by Crippen LogP contribution is 2.36. The molecule has 2 aromatic carbocycles. The number of hydrogen-bond acceptors (Lipinski definition) is 5. The summed E-state index contributed by atoms with van der Waals surface area (Å²) in [4.78, 5) is 12.7. The van der Waals surface area contributed by atoms with Gasteiger partial charge in [-0.3, -0.25) is 0 Å². The van der Waals surface area contributed by atoms with Crippen LogP contribution in [0.15, 0.2) is 54.1 Å². The molecule has 34 heavy (non-hydrogen) atoms. The summed E-state index contributed by atoms with van der Waals surface area (Å²) >= 11 is 0. The molecular formula is C27H31FN4O2. The van der Waals surface area contributed by atoms with E-state index in [1.807, 2.05) is 30.7 Å². The Morgan fingerprint density at radius 1 is 1.18 bits per heavy atom. The molecule has 0 aliphatic carbocycles. The van der Waals surface area contributed by atoms with Gasteiger partial charge in [-0.1, -0.05) is 17.3 Å². The molecular weight excluding hydrogens is 431 g/mol. The fraction of sp³-hybridized carbons (Fsp3) is 0.407. The zero-order chi connectivity index (χ0) is 23.8. The molecule has 1 saturated heterocycles. The molecule has 0 spiro atoms. The molecule has 7 heteroatoms. The number of imidazole rings is 1. The van der Waals surface area contributed by atoms with E-state index < -0.39 is 0 Å². The summed E-state index contributed by atoms with van der Waals surface area (Å²) in [5, 5.41) is 4.58. The van der Waals surface area contributed by atoms with Crippen molar-refractivity contribution in [3.05, 3.63) is 77.1 Å². The van der Waals surface area contributed by atoms with Crippen molar-refractivity contribution in [3.63, 3.8) is 0 Å². The molecule has 0 radical (unpaired) electrons. The molecule has 2 aliphatic rings. The van der Waals surface area contributed by atoms with E-state index in [9.17, 15) is 4.39 Å². The second-order valence-corrected chi connectivity index (χ2v) is 9.44. The van der Waals surface area contributed by atoms with Gasteiger partial charge in [0.1, 0.15) is 17.4 Å². The molecule has 0 N–H and O–H groups in total. The van der Waals surface area contributed by atoms with E-state index in [0.29, 0.717) is 0 Å². The van der Waals surface area contributed by atoms with Crippen LogP contribution in [-0.2, 0) is 11.3 Å². The number of amidine groups is 1. The van der Waals surface area contributed by atoms with Crippen LogP contribution < -0.4 is 4.74 Å². The number of nitrogens with zero attached hydrogens (tertiary/aromatic N) is 4. The Hall–Kier alpha value is -3.35. The number of aryl methyl sites for hydroxylation is 2. The molecule has 3 heterocycles. The second-order valence-electron chi connectivity index (χ2n) is 9.44. The van der Waals surface area contributed by atoms with Crippen LogP contribution in [0, 0.1) is 25.6 Å². The van der Waals surface area contributed by atoms with Crippen molar-refractivity contribution in [2.45, 2.75) is 52.2 Å². The van der Waals surface area contributed by atoms with Crippen molar-refractivity contribution < 1.29 is 14.0 Å². The lowest BCUT2D eigenvalue weighted by Crippen LogP contribution is -2.51. The SMILES string of the molecule is COc1cc(CC2CCCN3C2=NOC(c2cc(C)cc(F)c2)[C@@H]3C)ccc1-n1cnc(C)c1. The van der Waals surface area contributed by atoms with Crippen LogP contribution >= 0.6 is 0 Å². The lowest BCUT2D eigenvalue weighted by molar-refractivity contribution is -0.0222. The number of methoxy groups -OCH3 is 1. The predicted octanol–water partition coefficient (Wildman–Crippen LogP) is 5.36. The van der Waals surface area contributed by atoms with Crippen LogP contribution in [0.3, 0.4) is 0 Å². The Bertz CT molecular complexity index is 1200. The smallest absolute Gasteiger partial charge is 0.172 e. The summed E-state index contributed by atoms with van der Waals surface area (Å²) in [5.41, 5.74) is 4.86. The maximum atomic E-state index is 14.0. The topological polar surface area (TPSA) is 51.9 Å². The van der Waals surface area contributed by atoms with Gasteiger partial charge in [-0.05, 0) is 75.4 Å². The molecule has 2 unspecified atom stereocenters. The van der Waals surface area contributed by atoms with Crippen molar-refractivity contribution in [1.82, 2.24) is 14.5 Å². The van der Waals surface area contributed by atoms with Crippen LogP contribution in [0.25, 0.3) is 5.69 Å². The van der Waals surface area contributed by atoms with Gasteiger partial charge in [-0.25, -0.2) is 9.37 Å². The van der Waals surface area contributed by atoms with Gasteiger partial charge >= 0.3 is 0 Å². The third-order valence-corrected chi connectivity index (χ3v) is 6.91. The van der Waals surface area contributed by atoms with Crippen molar-refractivity contribution in [3.8, 4) is 11.4 Å². The largest absolute Gasteiger partial charge is 0.495 e. The molecule has 2 aliphatic heterocycles. The lowest BCUT2D eigenvalue weighted by Gasteiger charge is -2.44. The summed E-state index contributed by atoms with van der Waals surface area (Å²) in [5.74, 6) is 1.84. The number of benzene rings is 2. The Morgan fingerprint density at radius 3 is 2.76 bits per heavy atom. The van der Waals surface area contributed by atoms with Crippen molar-refractivity contribution >= 4 is 5.84 Å². The van der Waals surface area contributed by atoms with Crippen LogP contribution in [-0.4, -0.2) is 40.0 Å². The molecule has 3 aromatic rings. The van der Waals surface area contributed by atoms with E-state index in [-0.39, 0.29) is 23.9 Å². The Labute approximate surface area is 200 Å². The van der Waals surface area contributed by atoms with Crippen molar-refractivity contribution in [2.75, 3.05) is 13.7 Å². The maximum Gasteiger partial charge on any atom is 0.172 e. The van der Waals surface area contributed by atoms with Gasteiger partial charge in [0, 0.05) is 24.2 Å². The fourth-order valence-corrected chi connectivity index (χ4v) is 5.25. The molecule has 5 rings (SSSR count). The second kappa shape index (κ2) is 9.12. The zero-order valence-corrected chi connectivity index (χ0v) is 20.2. The standard InChI is InChI=1S/C27H31FN4O2/c1-17-10-22(14-23(28)11-17)26-19(3)32-9-5-6-21(27(32)30-34-26)12-20-7-8-24(25(13-20)33-4)31-15-18(2)29-16-31/h7-8,10-11,13-16,19,21,26H,5-6,9,12H2,1-4H3/t19-,21?,26?/m0/s1. The number of hydrogen-bond donors (Lipinski definition) is 0. The maximum absolute atomic E-state index is 14.0. The number of piperidine rings is 1. The number of oxime groups is 1. The first-order chi connectivity index (χ1) is 16.4. The summed E-state index contributed by atoms with van der Waals surface area (Å²) < 4.78 is 21.7. The molecule has 1 aromatic heterocycles. The first-order valence-corrected chi connectivity index (χ1v) is 11.9.